The highest BCUT2D eigenvalue weighted by Gasteiger charge is 2.12. The number of amides is 1. The number of carbonyl (C=O) groups excluding carboxylic acids is 1. The van der Waals surface area contributed by atoms with Gasteiger partial charge in [-0.1, -0.05) is 13.8 Å². The molecule has 108 valence electrons. The summed E-state index contributed by atoms with van der Waals surface area (Å²) in [6.45, 7) is 5.71. The van der Waals surface area contributed by atoms with Crippen LogP contribution in [0.2, 0.25) is 0 Å². The lowest BCUT2D eigenvalue weighted by Gasteiger charge is -2.14. The normalized spacial score (nSPS) is 12.6. The van der Waals surface area contributed by atoms with E-state index in [0.29, 0.717) is 32.1 Å². The summed E-state index contributed by atoms with van der Waals surface area (Å²) in [4.78, 5) is 11.5. The molecular weight excluding hydrogens is 244 g/mol. The lowest BCUT2D eigenvalue weighted by atomic mass is 10.0. The molecule has 0 fully saturated rings. The Bertz CT molecular complexity index is 350. The van der Waals surface area contributed by atoms with Gasteiger partial charge in [-0.05, 0) is 24.5 Å². The van der Waals surface area contributed by atoms with E-state index in [0.717, 1.165) is 12.2 Å². The van der Waals surface area contributed by atoms with Gasteiger partial charge in [0.2, 0.25) is 5.91 Å². The predicted octanol–water partition coefficient (Wildman–Crippen LogP) is 1.68. The first-order valence-electron chi connectivity index (χ1n) is 6.72. The molecule has 1 aromatic heterocycles. The molecule has 0 saturated carbocycles. The molecule has 19 heavy (non-hydrogen) atoms. The Labute approximate surface area is 114 Å². The van der Waals surface area contributed by atoms with Crippen LogP contribution in [0.4, 0.5) is 0 Å². The van der Waals surface area contributed by atoms with Crippen LogP contribution in [0.25, 0.3) is 0 Å². The molecule has 1 amide bonds. The zero-order valence-electron chi connectivity index (χ0n) is 11.7. The zero-order chi connectivity index (χ0) is 14.1. The van der Waals surface area contributed by atoms with Crippen molar-refractivity contribution in [2.75, 3.05) is 13.2 Å². The van der Waals surface area contributed by atoms with E-state index in [-0.39, 0.29) is 11.9 Å². The molecule has 1 heterocycles. The van der Waals surface area contributed by atoms with Crippen LogP contribution in [0.3, 0.4) is 0 Å². The molecule has 0 bridgehead atoms. The highest BCUT2D eigenvalue weighted by Crippen LogP contribution is 2.03. The number of furan rings is 1. The predicted molar refractivity (Wildman–Crippen MR) is 73.4 cm³/mol. The van der Waals surface area contributed by atoms with Crippen molar-refractivity contribution in [3.05, 3.63) is 24.2 Å². The van der Waals surface area contributed by atoms with Crippen LogP contribution in [0.5, 0.6) is 0 Å². The van der Waals surface area contributed by atoms with Gasteiger partial charge in [0.15, 0.2) is 0 Å². The van der Waals surface area contributed by atoms with Crippen molar-refractivity contribution in [2.45, 2.75) is 39.3 Å². The third-order valence-electron chi connectivity index (χ3n) is 2.89. The first-order chi connectivity index (χ1) is 9.09. The maximum atomic E-state index is 11.5. The molecule has 0 radical (unpaired) electrons. The molecule has 1 rings (SSSR count). The van der Waals surface area contributed by atoms with Gasteiger partial charge in [0.1, 0.15) is 12.4 Å². The number of hydrogen-bond acceptors (Lipinski definition) is 4. The van der Waals surface area contributed by atoms with Gasteiger partial charge in [0.25, 0.3) is 0 Å². The molecule has 5 nitrogen and oxygen atoms in total. The molecule has 0 aliphatic carbocycles. The summed E-state index contributed by atoms with van der Waals surface area (Å²) in [5.41, 5.74) is 5.83. The molecule has 0 aliphatic heterocycles. The fourth-order valence-electron chi connectivity index (χ4n) is 1.49. The topological polar surface area (TPSA) is 77.5 Å². The molecule has 0 saturated heterocycles. The van der Waals surface area contributed by atoms with E-state index >= 15 is 0 Å². The Morgan fingerprint density at radius 3 is 2.95 bits per heavy atom. The second kappa shape index (κ2) is 8.72. The first-order valence-corrected chi connectivity index (χ1v) is 6.72. The minimum absolute atomic E-state index is 0.00670. The summed E-state index contributed by atoms with van der Waals surface area (Å²) < 4.78 is 10.5. The Kier molecular flexibility index (Phi) is 7.22. The largest absolute Gasteiger partial charge is 0.467 e. The Morgan fingerprint density at radius 2 is 2.32 bits per heavy atom. The van der Waals surface area contributed by atoms with Gasteiger partial charge in [-0.25, -0.2) is 0 Å². The monoisotopic (exact) mass is 268 g/mol. The van der Waals surface area contributed by atoms with Crippen molar-refractivity contribution < 1.29 is 13.9 Å². The van der Waals surface area contributed by atoms with E-state index in [2.05, 4.69) is 5.32 Å². The van der Waals surface area contributed by atoms with E-state index in [9.17, 15) is 4.79 Å². The SMILES string of the molecule is CC(C)C(N)CC(=O)NCCCOCc1ccco1. The smallest absolute Gasteiger partial charge is 0.221 e. The van der Waals surface area contributed by atoms with Crippen molar-refractivity contribution in [3.63, 3.8) is 0 Å². The highest BCUT2D eigenvalue weighted by atomic mass is 16.5. The van der Waals surface area contributed by atoms with Gasteiger partial charge >= 0.3 is 0 Å². The van der Waals surface area contributed by atoms with Crippen LogP contribution in [-0.2, 0) is 16.1 Å². The van der Waals surface area contributed by atoms with Crippen molar-refractivity contribution in [1.82, 2.24) is 5.32 Å². The van der Waals surface area contributed by atoms with Crippen LogP contribution in [0.1, 0.15) is 32.4 Å². The Morgan fingerprint density at radius 1 is 1.53 bits per heavy atom. The molecule has 3 N–H and O–H groups in total. The molecule has 0 aliphatic rings. The van der Waals surface area contributed by atoms with Crippen molar-refractivity contribution in [1.29, 1.82) is 0 Å². The second-order valence-corrected chi connectivity index (χ2v) is 4.95. The molecule has 0 spiro atoms. The molecule has 1 unspecified atom stereocenters. The number of rotatable bonds is 9. The van der Waals surface area contributed by atoms with Gasteiger partial charge < -0.3 is 20.2 Å². The van der Waals surface area contributed by atoms with Gasteiger partial charge in [-0.15, -0.1) is 0 Å². The zero-order valence-corrected chi connectivity index (χ0v) is 11.7. The molecular formula is C14H24N2O3. The maximum absolute atomic E-state index is 11.5. The minimum atomic E-state index is -0.0739. The number of nitrogens with two attached hydrogens (primary N) is 1. The van der Waals surface area contributed by atoms with E-state index < -0.39 is 0 Å². The summed E-state index contributed by atoms with van der Waals surface area (Å²) in [7, 11) is 0. The highest BCUT2D eigenvalue weighted by molar-refractivity contribution is 5.76. The van der Waals surface area contributed by atoms with Crippen LogP contribution < -0.4 is 11.1 Å². The quantitative estimate of drug-likeness (QED) is 0.668. The number of hydrogen-bond donors (Lipinski definition) is 2. The number of ether oxygens (including phenoxy) is 1. The van der Waals surface area contributed by atoms with Crippen LogP contribution in [0, 0.1) is 5.92 Å². The third kappa shape index (κ3) is 6.98. The summed E-state index contributed by atoms with van der Waals surface area (Å²) >= 11 is 0. The Balaban J connectivity index is 1.97. The van der Waals surface area contributed by atoms with Gasteiger partial charge in [-0.2, -0.15) is 0 Å². The molecule has 1 aromatic rings. The van der Waals surface area contributed by atoms with Crippen molar-refractivity contribution in [3.8, 4) is 0 Å². The first kappa shape index (κ1) is 15.7. The summed E-state index contributed by atoms with van der Waals surface area (Å²) in [6, 6.07) is 3.63. The van der Waals surface area contributed by atoms with Gasteiger partial charge in [0.05, 0.1) is 6.26 Å². The fourth-order valence-corrected chi connectivity index (χ4v) is 1.49. The van der Waals surface area contributed by atoms with E-state index in [1.807, 2.05) is 26.0 Å². The van der Waals surface area contributed by atoms with E-state index in [4.69, 9.17) is 14.9 Å². The van der Waals surface area contributed by atoms with Crippen LogP contribution >= 0.6 is 0 Å². The molecule has 5 heteroatoms. The average Bonchev–Trinajstić information content (AvgIpc) is 2.86. The maximum Gasteiger partial charge on any atom is 0.221 e. The molecule has 1 atom stereocenters. The number of carbonyl (C=O) groups is 1. The fraction of sp³-hybridized carbons (Fsp3) is 0.643. The summed E-state index contributed by atoms with van der Waals surface area (Å²) in [5.74, 6) is 1.14. The van der Waals surface area contributed by atoms with E-state index in [1.54, 1.807) is 6.26 Å². The van der Waals surface area contributed by atoms with Crippen molar-refractivity contribution in [2.24, 2.45) is 11.7 Å². The summed E-state index contributed by atoms with van der Waals surface area (Å²) in [6.07, 6.45) is 2.78. The average molecular weight is 268 g/mol. The van der Waals surface area contributed by atoms with Gasteiger partial charge in [0, 0.05) is 25.6 Å². The van der Waals surface area contributed by atoms with Gasteiger partial charge in [-0.3, -0.25) is 4.79 Å². The lowest BCUT2D eigenvalue weighted by Crippen LogP contribution is -2.35. The van der Waals surface area contributed by atoms with Crippen LogP contribution in [-0.4, -0.2) is 25.1 Å². The molecule has 0 aromatic carbocycles. The number of nitrogens with one attached hydrogen (secondary N) is 1. The van der Waals surface area contributed by atoms with Crippen molar-refractivity contribution >= 4 is 5.91 Å². The standard InChI is InChI=1S/C14H24N2O3/c1-11(2)13(15)9-14(17)16-6-4-7-18-10-12-5-3-8-19-12/h3,5,8,11,13H,4,6-7,9-10,15H2,1-2H3,(H,16,17). The lowest BCUT2D eigenvalue weighted by molar-refractivity contribution is -0.121. The Hall–Kier alpha value is -1.33. The summed E-state index contributed by atoms with van der Waals surface area (Å²) in [5, 5.41) is 2.84. The minimum Gasteiger partial charge on any atom is -0.467 e. The third-order valence-corrected chi connectivity index (χ3v) is 2.89. The van der Waals surface area contributed by atoms with E-state index in [1.165, 1.54) is 0 Å². The second-order valence-electron chi connectivity index (χ2n) is 4.95. The van der Waals surface area contributed by atoms with Crippen LogP contribution in [0.15, 0.2) is 22.8 Å².